The fourth-order valence-electron chi connectivity index (χ4n) is 2.53. The lowest BCUT2D eigenvalue weighted by molar-refractivity contribution is 0.231. The number of hydrogen-bond acceptors (Lipinski definition) is 3. The van der Waals surface area contributed by atoms with Crippen LogP contribution >= 0.6 is 0 Å². The molecule has 3 N–H and O–H groups in total. The van der Waals surface area contributed by atoms with Crippen molar-refractivity contribution in [2.45, 2.75) is 25.4 Å². The summed E-state index contributed by atoms with van der Waals surface area (Å²) in [5.41, 5.74) is 1.13. The normalized spacial score (nSPS) is 21.4. The number of nitrogens with one attached hydrogen (secondary N) is 2. The third-order valence-corrected chi connectivity index (χ3v) is 4.11. The van der Waals surface area contributed by atoms with Crippen LogP contribution < -0.4 is 15.5 Å². The third kappa shape index (κ3) is 4.49. The standard InChI is InChI=1S/C17H25N3O2/c1-13(20(2)16-6-4-3-5-7-16)11-18-17(22)19-15-9-8-14(10-15)12-21/h3-9,13-15,21H,10-12H2,1-2H3,(H2,18,19,22)/t13?,14-,15+/m0/s1. The Morgan fingerprint density at radius 1 is 1.36 bits per heavy atom. The molecule has 0 saturated heterocycles. The quantitative estimate of drug-likeness (QED) is 0.702. The highest BCUT2D eigenvalue weighted by Gasteiger charge is 2.20. The number of amides is 2. The molecule has 3 atom stereocenters. The zero-order valence-corrected chi connectivity index (χ0v) is 13.2. The van der Waals surface area contributed by atoms with E-state index in [4.69, 9.17) is 5.11 Å². The van der Waals surface area contributed by atoms with E-state index in [0.29, 0.717) is 6.54 Å². The van der Waals surface area contributed by atoms with Gasteiger partial charge in [-0.15, -0.1) is 0 Å². The van der Waals surface area contributed by atoms with Crippen molar-refractivity contribution in [2.75, 3.05) is 25.1 Å². The largest absolute Gasteiger partial charge is 0.396 e. The predicted octanol–water partition coefficient (Wildman–Crippen LogP) is 1.75. The highest BCUT2D eigenvalue weighted by molar-refractivity contribution is 5.74. The van der Waals surface area contributed by atoms with Gasteiger partial charge in [-0.25, -0.2) is 4.79 Å². The first-order valence-electron chi connectivity index (χ1n) is 7.71. The van der Waals surface area contributed by atoms with Crippen LogP contribution in [0.4, 0.5) is 10.5 Å². The van der Waals surface area contributed by atoms with Crippen molar-refractivity contribution in [3.05, 3.63) is 42.5 Å². The van der Waals surface area contributed by atoms with Gasteiger partial charge in [-0.3, -0.25) is 0 Å². The molecule has 0 saturated carbocycles. The van der Waals surface area contributed by atoms with Gasteiger partial charge in [0.1, 0.15) is 0 Å². The van der Waals surface area contributed by atoms with E-state index in [1.807, 2.05) is 37.4 Å². The number of rotatable bonds is 6. The molecular formula is C17H25N3O2. The molecule has 2 rings (SSSR count). The number of carbonyl (C=O) groups is 1. The Hall–Kier alpha value is -2.01. The van der Waals surface area contributed by atoms with Crippen LogP contribution in [0.5, 0.6) is 0 Å². The first-order chi connectivity index (χ1) is 10.6. The second-order valence-corrected chi connectivity index (χ2v) is 5.82. The van der Waals surface area contributed by atoms with Crippen molar-refractivity contribution < 1.29 is 9.90 Å². The smallest absolute Gasteiger partial charge is 0.315 e. The van der Waals surface area contributed by atoms with Crippen molar-refractivity contribution in [2.24, 2.45) is 5.92 Å². The predicted molar refractivity (Wildman–Crippen MR) is 89.0 cm³/mol. The average molecular weight is 303 g/mol. The zero-order valence-electron chi connectivity index (χ0n) is 13.2. The summed E-state index contributed by atoms with van der Waals surface area (Å²) < 4.78 is 0. The summed E-state index contributed by atoms with van der Waals surface area (Å²) in [6.45, 7) is 2.77. The van der Waals surface area contributed by atoms with Gasteiger partial charge in [0, 0.05) is 43.9 Å². The number of benzene rings is 1. The number of likely N-dealkylation sites (N-methyl/N-ethyl adjacent to an activating group) is 1. The number of hydrogen-bond donors (Lipinski definition) is 3. The van der Waals surface area contributed by atoms with Gasteiger partial charge in [0.15, 0.2) is 0 Å². The van der Waals surface area contributed by atoms with E-state index >= 15 is 0 Å². The molecule has 0 bridgehead atoms. The summed E-state index contributed by atoms with van der Waals surface area (Å²) in [4.78, 5) is 14.1. The summed E-state index contributed by atoms with van der Waals surface area (Å²) in [6, 6.07) is 10.1. The van der Waals surface area contributed by atoms with Gasteiger partial charge in [-0.05, 0) is 25.5 Å². The second kappa shape index (κ2) is 7.84. The maximum Gasteiger partial charge on any atom is 0.315 e. The fraction of sp³-hybridized carbons (Fsp3) is 0.471. The van der Waals surface area contributed by atoms with Crippen LogP contribution in [0.2, 0.25) is 0 Å². The molecule has 1 aliphatic rings. The first-order valence-corrected chi connectivity index (χ1v) is 7.71. The number of aliphatic hydroxyl groups is 1. The SMILES string of the molecule is CC(CNC(=O)N[C@@H]1C=C[C@H](CO)C1)N(C)c1ccccc1. The van der Waals surface area contributed by atoms with E-state index in [-0.39, 0.29) is 30.6 Å². The minimum absolute atomic E-state index is 0.0132. The van der Waals surface area contributed by atoms with E-state index in [1.54, 1.807) is 0 Å². The minimum atomic E-state index is -0.165. The molecule has 5 heteroatoms. The van der Waals surface area contributed by atoms with Crippen LogP contribution in [0.3, 0.4) is 0 Å². The summed E-state index contributed by atoms with van der Waals surface area (Å²) in [6.07, 6.45) is 4.67. The van der Waals surface area contributed by atoms with Gasteiger partial charge in [0.2, 0.25) is 0 Å². The molecule has 22 heavy (non-hydrogen) atoms. The summed E-state index contributed by atoms with van der Waals surface area (Å²) in [7, 11) is 2.02. The molecule has 1 unspecified atom stereocenters. The number of nitrogens with zero attached hydrogens (tertiary/aromatic N) is 1. The number of para-hydroxylation sites is 1. The van der Waals surface area contributed by atoms with E-state index in [0.717, 1.165) is 12.1 Å². The minimum Gasteiger partial charge on any atom is -0.396 e. The highest BCUT2D eigenvalue weighted by Crippen LogP contribution is 2.17. The van der Waals surface area contributed by atoms with Crippen molar-refractivity contribution in [3.63, 3.8) is 0 Å². The Kier molecular flexibility index (Phi) is 5.83. The Balaban J connectivity index is 1.73. The van der Waals surface area contributed by atoms with Crippen molar-refractivity contribution >= 4 is 11.7 Å². The molecule has 1 aromatic rings. The molecule has 5 nitrogen and oxygen atoms in total. The molecule has 1 aromatic carbocycles. The first kappa shape index (κ1) is 16.4. The van der Waals surface area contributed by atoms with Gasteiger partial charge in [-0.1, -0.05) is 30.4 Å². The molecule has 0 heterocycles. The average Bonchev–Trinajstić information content (AvgIpc) is 3.00. The maximum atomic E-state index is 11.9. The summed E-state index contributed by atoms with van der Waals surface area (Å²) in [5.74, 6) is 0.161. The Labute approximate surface area is 132 Å². The Morgan fingerprint density at radius 2 is 2.09 bits per heavy atom. The van der Waals surface area contributed by atoms with Crippen LogP contribution in [-0.4, -0.2) is 43.4 Å². The van der Waals surface area contributed by atoms with E-state index in [1.165, 1.54) is 0 Å². The van der Waals surface area contributed by atoms with Crippen molar-refractivity contribution in [1.29, 1.82) is 0 Å². The third-order valence-electron chi connectivity index (χ3n) is 4.11. The molecule has 2 amide bonds. The molecular weight excluding hydrogens is 278 g/mol. The van der Waals surface area contributed by atoms with Gasteiger partial charge in [0.25, 0.3) is 0 Å². The maximum absolute atomic E-state index is 11.9. The van der Waals surface area contributed by atoms with Gasteiger partial charge < -0.3 is 20.6 Å². The zero-order chi connectivity index (χ0) is 15.9. The topological polar surface area (TPSA) is 64.6 Å². The second-order valence-electron chi connectivity index (χ2n) is 5.82. The van der Waals surface area contributed by atoms with Crippen molar-refractivity contribution in [1.82, 2.24) is 10.6 Å². The number of urea groups is 1. The van der Waals surface area contributed by atoms with Crippen LogP contribution in [0.25, 0.3) is 0 Å². The highest BCUT2D eigenvalue weighted by atomic mass is 16.3. The lowest BCUT2D eigenvalue weighted by Crippen LogP contribution is -2.46. The van der Waals surface area contributed by atoms with Crippen LogP contribution in [0.1, 0.15) is 13.3 Å². The molecule has 0 aliphatic heterocycles. The van der Waals surface area contributed by atoms with Gasteiger partial charge in [-0.2, -0.15) is 0 Å². The van der Waals surface area contributed by atoms with Crippen molar-refractivity contribution in [3.8, 4) is 0 Å². The van der Waals surface area contributed by atoms with Crippen LogP contribution in [0.15, 0.2) is 42.5 Å². The molecule has 0 spiro atoms. The van der Waals surface area contributed by atoms with E-state index in [9.17, 15) is 4.79 Å². The van der Waals surface area contributed by atoms with Gasteiger partial charge in [0.05, 0.1) is 0 Å². The molecule has 0 fully saturated rings. The monoisotopic (exact) mass is 303 g/mol. The van der Waals surface area contributed by atoms with Crippen LogP contribution in [0, 0.1) is 5.92 Å². The van der Waals surface area contributed by atoms with Crippen LogP contribution in [-0.2, 0) is 0 Å². The Morgan fingerprint density at radius 3 is 2.73 bits per heavy atom. The summed E-state index contributed by atoms with van der Waals surface area (Å²) in [5, 5.41) is 14.9. The number of carbonyl (C=O) groups excluding carboxylic acids is 1. The van der Waals surface area contributed by atoms with E-state index < -0.39 is 0 Å². The lowest BCUT2D eigenvalue weighted by Gasteiger charge is -2.27. The Bertz CT molecular complexity index is 504. The van der Waals surface area contributed by atoms with Gasteiger partial charge >= 0.3 is 6.03 Å². The van der Waals surface area contributed by atoms with E-state index in [2.05, 4.69) is 34.6 Å². The molecule has 1 aliphatic carbocycles. The molecule has 0 aromatic heterocycles. The number of anilines is 1. The summed E-state index contributed by atoms with van der Waals surface area (Å²) >= 11 is 0. The molecule has 120 valence electrons. The fourth-order valence-corrected chi connectivity index (χ4v) is 2.53. The lowest BCUT2D eigenvalue weighted by atomic mass is 10.1. The molecule has 0 radical (unpaired) electrons. The number of aliphatic hydroxyl groups excluding tert-OH is 1.